The fourth-order valence-electron chi connectivity index (χ4n) is 6.43. The Morgan fingerprint density at radius 3 is 1.89 bits per heavy atom. The molecule has 3 atom stereocenters. The van der Waals surface area contributed by atoms with Gasteiger partial charge in [-0.3, -0.25) is 19.2 Å². The first-order chi connectivity index (χ1) is 20.7. The summed E-state index contributed by atoms with van der Waals surface area (Å²) >= 11 is 4.63. The number of allylic oxidation sites excluding steroid dienone is 2. The number of hydrogen-bond acceptors (Lipinski definition) is 5. The molecule has 4 heterocycles. The standard InChI is InChI=1S/C33H42N4O6S/c1-7-20-15(2)25(36-33(20)43)12-23-16(3)21(8-10-29(38)39)26(34-23)14-27-22(9-11-30(40)41)17(4)24(35-27)13-28-31(19(6)44)18(5)32(42)37-28/h12-13,18-19,31,34-35,44H,7-11,14H2,1-6H3,(H,36,43)(H,37,42)(H,38,39)(H,40,41)/b25-12-,28-13-/t18-,19+,31+/m1/s1. The zero-order valence-corrected chi connectivity index (χ0v) is 27.0. The Balaban J connectivity index is 1.79. The van der Waals surface area contributed by atoms with Gasteiger partial charge < -0.3 is 30.8 Å². The molecule has 0 bridgehead atoms. The molecule has 0 aromatic carbocycles. The molecule has 10 nitrogen and oxygen atoms in total. The molecule has 2 aromatic heterocycles. The third-order valence-corrected chi connectivity index (χ3v) is 9.29. The fraction of sp³-hybridized carbons (Fsp3) is 0.455. The number of aliphatic carboxylic acids is 2. The number of carbonyl (C=O) groups excluding carboxylic acids is 2. The van der Waals surface area contributed by atoms with Crippen molar-refractivity contribution in [3.8, 4) is 0 Å². The summed E-state index contributed by atoms with van der Waals surface area (Å²) < 4.78 is 0. The molecule has 2 aromatic rings. The van der Waals surface area contributed by atoms with Crippen molar-refractivity contribution in [3.05, 3.63) is 67.6 Å². The first-order valence-electron chi connectivity index (χ1n) is 15.0. The Bertz CT molecular complexity index is 1610. The van der Waals surface area contributed by atoms with Gasteiger partial charge in [-0.15, -0.1) is 0 Å². The molecule has 4 rings (SSSR count). The monoisotopic (exact) mass is 622 g/mol. The van der Waals surface area contributed by atoms with E-state index in [0.717, 1.165) is 61.9 Å². The molecule has 2 aliphatic heterocycles. The summed E-state index contributed by atoms with van der Waals surface area (Å²) in [6, 6.07) is 0. The highest BCUT2D eigenvalue weighted by Gasteiger charge is 2.37. The van der Waals surface area contributed by atoms with Crippen LogP contribution in [0.25, 0.3) is 12.2 Å². The number of aromatic amines is 2. The van der Waals surface area contributed by atoms with Crippen LogP contribution in [0.1, 0.15) is 92.0 Å². The van der Waals surface area contributed by atoms with Crippen LogP contribution in [-0.2, 0) is 38.4 Å². The molecule has 236 valence electrons. The van der Waals surface area contributed by atoms with Crippen molar-refractivity contribution in [2.75, 3.05) is 0 Å². The van der Waals surface area contributed by atoms with Gasteiger partial charge in [-0.25, -0.2) is 0 Å². The van der Waals surface area contributed by atoms with Crippen molar-refractivity contribution >= 4 is 48.5 Å². The molecule has 44 heavy (non-hydrogen) atoms. The van der Waals surface area contributed by atoms with Gasteiger partial charge in [0.1, 0.15) is 0 Å². The third-order valence-electron chi connectivity index (χ3n) is 8.96. The van der Waals surface area contributed by atoms with Crippen LogP contribution < -0.4 is 10.6 Å². The van der Waals surface area contributed by atoms with E-state index in [2.05, 4.69) is 33.2 Å². The quantitative estimate of drug-likeness (QED) is 0.168. The molecule has 2 amide bonds. The Labute approximate surface area is 262 Å². The van der Waals surface area contributed by atoms with Crippen molar-refractivity contribution in [1.82, 2.24) is 20.6 Å². The topological polar surface area (TPSA) is 164 Å². The average Bonchev–Trinajstić information content (AvgIpc) is 3.59. The van der Waals surface area contributed by atoms with Crippen LogP contribution in [0.2, 0.25) is 0 Å². The lowest BCUT2D eigenvalue weighted by atomic mass is 9.91. The molecule has 6 N–H and O–H groups in total. The highest BCUT2D eigenvalue weighted by atomic mass is 32.1. The minimum Gasteiger partial charge on any atom is -0.481 e. The van der Waals surface area contributed by atoms with E-state index >= 15 is 0 Å². The van der Waals surface area contributed by atoms with E-state index in [1.54, 1.807) is 0 Å². The van der Waals surface area contributed by atoms with Gasteiger partial charge in [0.25, 0.3) is 5.91 Å². The zero-order valence-electron chi connectivity index (χ0n) is 26.1. The molecule has 0 aliphatic carbocycles. The number of rotatable bonds is 12. The van der Waals surface area contributed by atoms with E-state index in [-0.39, 0.29) is 41.7 Å². The van der Waals surface area contributed by atoms with E-state index in [9.17, 15) is 29.4 Å². The molecular formula is C33H42N4O6S. The van der Waals surface area contributed by atoms with Gasteiger partial charge in [-0.05, 0) is 80.0 Å². The lowest BCUT2D eigenvalue weighted by Crippen LogP contribution is -2.19. The van der Waals surface area contributed by atoms with E-state index in [1.807, 2.05) is 53.7 Å². The van der Waals surface area contributed by atoms with E-state index in [0.29, 0.717) is 31.4 Å². The average molecular weight is 623 g/mol. The maximum atomic E-state index is 12.5. The number of hydrogen-bond donors (Lipinski definition) is 7. The van der Waals surface area contributed by atoms with Crippen LogP contribution in [0.4, 0.5) is 0 Å². The smallest absolute Gasteiger partial charge is 0.303 e. The lowest BCUT2D eigenvalue weighted by Gasteiger charge is -2.17. The predicted molar refractivity (Wildman–Crippen MR) is 172 cm³/mol. The molecule has 2 aliphatic rings. The third kappa shape index (κ3) is 6.72. The number of aromatic nitrogens is 2. The molecule has 1 fully saturated rings. The van der Waals surface area contributed by atoms with Crippen LogP contribution in [0.5, 0.6) is 0 Å². The van der Waals surface area contributed by atoms with Crippen LogP contribution in [0.15, 0.2) is 22.5 Å². The fourth-order valence-corrected chi connectivity index (χ4v) is 6.84. The number of carboxylic acids is 2. The normalized spacial score (nSPS) is 21.0. The van der Waals surface area contributed by atoms with Crippen LogP contribution in [-0.4, -0.2) is 49.2 Å². The summed E-state index contributed by atoms with van der Waals surface area (Å²) in [6.45, 7) is 11.6. The van der Waals surface area contributed by atoms with E-state index in [4.69, 9.17) is 0 Å². The molecule has 1 saturated heterocycles. The first kappa shape index (κ1) is 32.9. The number of carbonyl (C=O) groups is 4. The summed E-state index contributed by atoms with van der Waals surface area (Å²) in [5.74, 6) is -2.29. The largest absolute Gasteiger partial charge is 0.481 e. The van der Waals surface area contributed by atoms with E-state index in [1.165, 1.54) is 0 Å². The van der Waals surface area contributed by atoms with Crippen molar-refractivity contribution < 1.29 is 29.4 Å². The minimum absolute atomic E-state index is 0.0501. The second-order valence-electron chi connectivity index (χ2n) is 11.8. The molecule has 0 spiro atoms. The van der Waals surface area contributed by atoms with Gasteiger partial charge in [0.05, 0.1) is 0 Å². The number of H-pyrrole nitrogens is 2. The second-order valence-corrected chi connectivity index (χ2v) is 12.6. The lowest BCUT2D eigenvalue weighted by molar-refractivity contribution is -0.138. The minimum atomic E-state index is -0.905. The number of carboxylic acid groups (broad SMARTS) is 2. The first-order valence-corrected chi connectivity index (χ1v) is 15.5. The molecule has 0 radical (unpaired) electrons. The molecule has 0 saturated carbocycles. The van der Waals surface area contributed by atoms with Gasteiger partial charge in [0.15, 0.2) is 0 Å². The highest BCUT2D eigenvalue weighted by molar-refractivity contribution is 7.80. The molecular weight excluding hydrogens is 580 g/mol. The SMILES string of the molecule is CCC1=C(C)/C(=C/c2[nH]c(Cc3[nH]c(/C=C4\NC(=O)[C@H](C)[C@H]4[C@H](C)S)c(C)c3CCC(=O)O)c(CCC(=O)O)c2C)NC1=O. The van der Waals surface area contributed by atoms with Crippen molar-refractivity contribution in [3.63, 3.8) is 0 Å². The van der Waals surface area contributed by atoms with Gasteiger partial charge in [-0.2, -0.15) is 12.6 Å². The Hall–Kier alpha value is -3.99. The summed E-state index contributed by atoms with van der Waals surface area (Å²) in [4.78, 5) is 55.0. The summed E-state index contributed by atoms with van der Waals surface area (Å²) in [5, 5.41) is 24.8. The van der Waals surface area contributed by atoms with Gasteiger partial charge in [0.2, 0.25) is 5.91 Å². The van der Waals surface area contributed by atoms with Crippen molar-refractivity contribution in [1.29, 1.82) is 0 Å². The van der Waals surface area contributed by atoms with Crippen molar-refractivity contribution in [2.45, 2.75) is 85.3 Å². The zero-order chi connectivity index (χ0) is 32.5. The van der Waals surface area contributed by atoms with Crippen LogP contribution in [0, 0.1) is 25.7 Å². The van der Waals surface area contributed by atoms with Gasteiger partial charge >= 0.3 is 11.9 Å². The van der Waals surface area contributed by atoms with E-state index < -0.39 is 11.9 Å². The molecule has 11 heteroatoms. The Morgan fingerprint density at radius 2 is 1.43 bits per heavy atom. The van der Waals surface area contributed by atoms with Crippen LogP contribution >= 0.6 is 12.6 Å². The highest BCUT2D eigenvalue weighted by Crippen LogP contribution is 2.35. The molecule has 0 unspecified atom stereocenters. The number of nitrogens with one attached hydrogen (secondary N) is 4. The maximum Gasteiger partial charge on any atom is 0.303 e. The number of amides is 2. The van der Waals surface area contributed by atoms with Crippen LogP contribution in [0.3, 0.4) is 0 Å². The van der Waals surface area contributed by atoms with Gasteiger partial charge in [0, 0.05) is 76.1 Å². The van der Waals surface area contributed by atoms with Crippen molar-refractivity contribution in [2.24, 2.45) is 11.8 Å². The Morgan fingerprint density at radius 1 is 0.909 bits per heavy atom. The van der Waals surface area contributed by atoms with Gasteiger partial charge in [-0.1, -0.05) is 20.8 Å². The predicted octanol–water partition coefficient (Wildman–Crippen LogP) is 4.82. The summed E-state index contributed by atoms with van der Waals surface area (Å²) in [5.41, 5.74) is 9.83. The summed E-state index contributed by atoms with van der Waals surface area (Å²) in [6.07, 6.45) is 5.33. The summed E-state index contributed by atoms with van der Waals surface area (Å²) in [7, 11) is 0. The second kappa shape index (κ2) is 13.3. The maximum absolute atomic E-state index is 12.5. The Kier molecular flexibility index (Phi) is 9.98. The number of thiol groups is 1.